The molecular formula is C19H28IN5OS. The maximum absolute atomic E-state index is 12.6. The number of carbonyl (C=O) groups is 1. The molecule has 2 aromatic rings. The molecule has 1 amide bonds. The van der Waals surface area contributed by atoms with Crippen LogP contribution in [-0.4, -0.2) is 53.8 Å². The van der Waals surface area contributed by atoms with E-state index in [9.17, 15) is 4.79 Å². The van der Waals surface area contributed by atoms with Crippen LogP contribution in [-0.2, 0) is 17.9 Å². The van der Waals surface area contributed by atoms with E-state index < -0.39 is 0 Å². The van der Waals surface area contributed by atoms with Crippen LogP contribution >= 0.6 is 35.3 Å². The van der Waals surface area contributed by atoms with Crippen LogP contribution in [0.25, 0.3) is 0 Å². The number of rotatable bonds is 7. The molecular weight excluding hydrogens is 473 g/mol. The maximum Gasteiger partial charge on any atom is 0.242 e. The van der Waals surface area contributed by atoms with Gasteiger partial charge in [0.1, 0.15) is 0 Å². The van der Waals surface area contributed by atoms with Crippen LogP contribution in [0.5, 0.6) is 0 Å². The van der Waals surface area contributed by atoms with Gasteiger partial charge in [0.05, 0.1) is 23.8 Å². The molecule has 0 atom stereocenters. The lowest BCUT2D eigenvalue weighted by Crippen LogP contribution is -2.44. The highest BCUT2D eigenvalue weighted by Gasteiger charge is 2.14. The van der Waals surface area contributed by atoms with E-state index in [-0.39, 0.29) is 36.4 Å². The SMILES string of the molecule is CCN(Cc1ccccc1)C(=O)CNC(=NC)N(C)Cc1csc(C)n1.I. The minimum Gasteiger partial charge on any atom is -0.347 e. The first-order valence-corrected chi connectivity index (χ1v) is 9.56. The Kier molecular flexibility index (Phi) is 10.3. The van der Waals surface area contributed by atoms with Crippen molar-refractivity contribution in [2.45, 2.75) is 26.9 Å². The molecule has 8 heteroatoms. The maximum atomic E-state index is 12.6. The van der Waals surface area contributed by atoms with E-state index in [1.807, 2.05) is 66.4 Å². The van der Waals surface area contributed by atoms with E-state index in [1.165, 1.54) is 0 Å². The fraction of sp³-hybridized carbons (Fsp3) is 0.421. The molecule has 0 aliphatic heterocycles. The summed E-state index contributed by atoms with van der Waals surface area (Å²) >= 11 is 1.63. The smallest absolute Gasteiger partial charge is 0.242 e. The number of hydrogen-bond acceptors (Lipinski definition) is 4. The quantitative estimate of drug-likeness (QED) is 0.360. The lowest BCUT2D eigenvalue weighted by molar-refractivity contribution is -0.130. The van der Waals surface area contributed by atoms with E-state index in [0.717, 1.165) is 16.3 Å². The van der Waals surface area contributed by atoms with Crippen molar-refractivity contribution >= 4 is 47.2 Å². The lowest BCUT2D eigenvalue weighted by Gasteiger charge is -2.24. The third-order valence-electron chi connectivity index (χ3n) is 3.99. The van der Waals surface area contributed by atoms with Crippen molar-refractivity contribution in [2.75, 3.05) is 27.2 Å². The number of nitrogens with one attached hydrogen (secondary N) is 1. The van der Waals surface area contributed by atoms with Gasteiger partial charge in [0.2, 0.25) is 5.91 Å². The highest BCUT2D eigenvalue weighted by molar-refractivity contribution is 14.0. The number of guanidine groups is 1. The van der Waals surface area contributed by atoms with E-state index in [4.69, 9.17) is 0 Å². The second-order valence-electron chi connectivity index (χ2n) is 6.01. The summed E-state index contributed by atoms with van der Waals surface area (Å²) < 4.78 is 0. The van der Waals surface area contributed by atoms with Crippen LogP contribution in [0, 0.1) is 6.92 Å². The Hall–Kier alpha value is -1.68. The molecule has 1 aromatic carbocycles. The zero-order chi connectivity index (χ0) is 18.9. The van der Waals surface area contributed by atoms with Crippen molar-refractivity contribution in [3.63, 3.8) is 0 Å². The first-order chi connectivity index (χ1) is 12.5. The first kappa shape index (κ1) is 23.4. The molecule has 0 fully saturated rings. The summed E-state index contributed by atoms with van der Waals surface area (Å²) in [4.78, 5) is 25.1. The van der Waals surface area contributed by atoms with Crippen molar-refractivity contribution in [1.82, 2.24) is 20.1 Å². The summed E-state index contributed by atoms with van der Waals surface area (Å²) in [6, 6.07) is 10.0. The van der Waals surface area contributed by atoms with Gasteiger partial charge in [0.15, 0.2) is 5.96 Å². The summed E-state index contributed by atoms with van der Waals surface area (Å²) in [6.45, 7) is 6.14. The number of carbonyl (C=O) groups excluding carboxylic acids is 1. The van der Waals surface area contributed by atoms with E-state index >= 15 is 0 Å². The van der Waals surface area contributed by atoms with Crippen LogP contribution in [0.15, 0.2) is 40.7 Å². The molecule has 2 rings (SSSR count). The van der Waals surface area contributed by atoms with Gasteiger partial charge < -0.3 is 15.1 Å². The molecule has 148 valence electrons. The Balaban J connectivity index is 0.00000364. The molecule has 1 N–H and O–H groups in total. The van der Waals surface area contributed by atoms with Crippen molar-refractivity contribution in [3.8, 4) is 0 Å². The predicted octanol–water partition coefficient (Wildman–Crippen LogP) is 3.13. The van der Waals surface area contributed by atoms with Gasteiger partial charge in [-0.05, 0) is 19.4 Å². The summed E-state index contributed by atoms with van der Waals surface area (Å²) in [5, 5.41) is 6.25. The van der Waals surface area contributed by atoms with Crippen LogP contribution in [0.4, 0.5) is 0 Å². The molecule has 0 saturated carbocycles. The second kappa shape index (κ2) is 11.9. The lowest BCUT2D eigenvalue weighted by atomic mass is 10.2. The van der Waals surface area contributed by atoms with Crippen LogP contribution in [0.1, 0.15) is 23.2 Å². The van der Waals surface area contributed by atoms with Gasteiger partial charge in [-0.25, -0.2) is 4.98 Å². The number of halogens is 1. The first-order valence-electron chi connectivity index (χ1n) is 8.68. The Morgan fingerprint density at radius 1 is 1.26 bits per heavy atom. The van der Waals surface area contributed by atoms with Crippen LogP contribution < -0.4 is 5.32 Å². The van der Waals surface area contributed by atoms with Crippen molar-refractivity contribution < 1.29 is 4.79 Å². The number of nitrogens with zero attached hydrogens (tertiary/aromatic N) is 4. The largest absolute Gasteiger partial charge is 0.347 e. The monoisotopic (exact) mass is 501 g/mol. The fourth-order valence-electron chi connectivity index (χ4n) is 2.63. The standard InChI is InChI=1S/C19H27N5OS.HI/c1-5-24(12-16-9-7-6-8-10-16)18(25)11-21-19(20-3)23(4)13-17-14-26-15(2)22-17;/h6-10,14H,5,11-13H2,1-4H3,(H,20,21);1H. The molecule has 0 saturated heterocycles. The molecule has 0 bridgehead atoms. The predicted molar refractivity (Wildman–Crippen MR) is 123 cm³/mol. The normalized spacial score (nSPS) is 10.9. The molecule has 0 spiro atoms. The second-order valence-corrected chi connectivity index (χ2v) is 7.07. The number of likely N-dealkylation sites (N-methyl/N-ethyl adjacent to an activating group) is 1. The van der Waals surface area contributed by atoms with Crippen molar-refractivity contribution in [3.05, 3.63) is 52.0 Å². The van der Waals surface area contributed by atoms with Crippen molar-refractivity contribution in [2.24, 2.45) is 4.99 Å². The molecule has 0 radical (unpaired) electrons. The van der Waals surface area contributed by atoms with Gasteiger partial charge in [0, 0.05) is 32.6 Å². The number of benzene rings is 1. The molecule has 1 heterocycles. The highest BCUT2D eigenvalue weighted by Crippen LogP contribution is 2.10. The molecule has 0 unspecified atom stereocenters. The number of aliphatic imine (C=N–C) groups is 1. The summed E-state index contributed by atoms with van der Waals surface area (Å²) in [7, 11) is 3.66. The molecule has 6 nitrogen and oxygen atoms in total. The van der Waals surface area contributed by atoms with E-state index in [1.54, 1.807) is 18.4 Å². The van der Waals surface area contributed by atoms with Gasteiger partial charge in [-0.1, -0.05) is 30.3 Å². The number of aromatic nitrogens is 1. The third kappa shape index (κ3) is 7.45. The molecule has 0 aliphatic rings. The minimum atomic E-state index is 0. The van der Waals surface area contributed by atoms with Gasteiger partial charge in [-0.2, -0.15) is 0 Å². The average Bonchev–Trinajstić information content (AvgIpc) is 3.05. The average molecular weight is 501 g/mol. The van der Waals surface area contributed by atoms with Gasteiger partial charge in [-0.15, -0.1) is 35.3 Å². The third-order valence-corrected chi connectivity index (χ3v) is 4.81. The molecule has 27 heavy (non-hydrogen) atoms. The summed E-state index contributed by atoms with van der Waals surface area (Å²) in [6.07, 6.45) is 0. The molecule has 0 aliphatic carbocycles. The van der Waals surface area contributed by atoms with E-state index in [2.05, 4.69) is 15.3 Å². The minimum absolute atomic E-state index is 0. The van der Waals surface area contributed by atoms with Gasteiger partial charge in [0.25, 0.3) is 0 Å². The number of amides is 1. The highest BCUT2D eigenvalue weighted by atomic mass is 127. The summed E-state index contributed by atoms with van der Waals surface area (Å²) in [5.41, 5.74) is 2.13. The Bertz CT molecular complexity index is 735. The zero-order valence-electron chi connectivity index (χ0n) is 16.3. The fourth-order valence-corrected chi connectivity index (χ4v) is 3.23. The van der Waals surface area contributed by atoms with Crippen LogP contribution in [0.3, 0.4) is 0 Å². The van der Waals surface area contributed by atoms with Crippen LogP contribution in [0.2, 0.25) is 0 Å². The number of aryl methyl sites for hydroxylation is 1. The van der Waals surface area contributed by atoms with Crippen molar-refractivity contribution in [1.29, 1.82) is 0 Å². The summed E-state index contributed by atoms with van der Waals surface area (Å²) in [5.74, 6) is 0.732. The van der Waals surface area contributed by atoms with Gasteiger partial charge in [-0.3, -0.25) is 9.79 Å². The Labute approximate surface area is 182 Å². The van der Waals surface area contributed by atoms with Gasteiger partial charge >= 0.3 is 0 Å². The number of hydrogen-bond donors (Lipinski definition) is 1. The Morgan fingerprint density at radius 2 is 1.96 bits per heavy atom. The molecule has 1 aromatic heterocycles. The topological polar surface area (TPSA) is 60.8 Å². The number of thiazole rings is 1. The zero-order valence-corrected chi connectivity index (χ0v) is 19.5. The Morgan fingerprint density at radius 3 is 2.52 bits per heavy atom. The van der Waals surface area contributed by atoms with E-state index in [0.29, 0.717) is 25.6 Å².